The Bertz CT molecular complexity index is 259. The van der Waals surface area contributed by atoms with Crippen LogP contribution in [0, 0.1) is 0 Å². The third-order valence-electron chi connectivity index (χ3n) is 2.42. The van der Waals surface area contributed by atoms with Crippen molar-refractivity contribution < 1.29 is 19.1 Å². The highest BCUT2D eigenvalue weighted by atomic mass is 31.2. The number of carbonyl (C=O) groups excluding carboxylic acids is 1. The number of carbonyl (C=O) groups is 1. The fourth-order valence-electron chi connectivity index (χ4n) is 1.61. The molecule has 0 aromatic rings. The Hall–Kier alpha value is -0.420. The van der Waals surface area contributed by atoms with Crippen molar-refractivity contribution in [2.75, 3.05) is 26.2 Å². The Morgan fingerprint density at radius 3 is 2.40 bits per heavy atom. The van der Waals surface area contributed by atoms with Crippen LogP contribution in [0.25, 0.3) is 0 Å². The van der Waals surface area contributed by atoms with Crippen molar-refractivity contribution >= 4 is 13.2 Å². The van der Waals surface area contributed by atoms with Gasteiger partial charge in [-0.05, 0) is 25.9 Å². The average Bonchev–Trinajstić information content (AvgIpc) is 2.18. The van der Waals surface area contributed by atoms with Gasteiger partial charge in [0.1, 0.15) is 0 Å². The van der Waals surface area contributed by atoms with Crippen LogP contribution in [0.1, 0.15) is 19.3 Å². The molecule has 0 bridgehead atoms. The summed E-state index contributed by atoms with van der Waals surface area (Å²) < 4.78 is 10.5. The molecule has 0 aromatic carbocycles. The molecule has 15 heavy (non-hydrogen) atoms. The Labute approximate surface area is 88.8 Å². The second-order valence-corrected chi connectivity index (χ2v) is 5.17. The second-order valence-electron chi connectivity index (χ2n) is 3.68. The number of rotatable bonds is 4. The lowest BCUT2D eigenvalue weighted by atomic mass is 10.1. The number of likely N-dealkylation sites (tertiary alicyclic amines) is 1. The van der Waals surface area contributed by atoms with E-state index in [0.717, 1.165) is 25.9 Å². The van der Waals surface area contributed by atoms with Crippen molar-refractivity contribution in [1.29, 1.82) is 0 Å². The number of nitrogens with zero attached hydrogens (tertiary/aromatic N) is 1. The molecule has 0 aromatic heterocycles. The predicted molar refractivity (Wildman–Crippen MR) is 55.7 cm³/mol. The van der Waals surface area contributed by atoms with Crippen LogP contribution in [0.4, 0.5) is 4.79 Å². The van der Waals surface area contributed by atoms with Gasteiger partial charge >= 0.3 is 13.2 Å². The molecule has 0 unspecified atom stereocenters. The largest absolute Gasteiger partial charge is 0.413 e. The van der Waals surface area contributed by atoms with E-state index in [1.54, 1.807) is 0 Å². The first-order valence-electron chi connectivity index (χ1n) is 5.06. The van der Waals surface area contributed by atoms with Crippen molar-refractivity contribution in [3.8, 4) is 0 Å². The SMILES string of the molecule is O=C(NCCN1CCCCC1)P(=O)(O)O. The standard InChI is InChI=1S/C8H17N2O4P/c11-8(15(12,13)14)9-4-7-10-5-2-1-3-6-10/h1-7H2,(H,9,11)(H2,12,13,14). The maximum Gasteiger partial charge on any atom is 0.413 e. The van der Waals surface area contributed by atoms with Crippen molar-refractivity contribution in [2.24, 2.45) is 0 Å². The first-order chi connectivity index (χ1) is 7.00. The van der Waals surface area contributed by atoms with Gasteiger partial charge in [-0.1, -0.05) is 6.42 Å². The maximum absolute atomic E-state index is 10.8. The highest BCUT2D eigenvalue weighted by molar-refractivity contribution is 7.69. The first kappa shape index (κ1) is 12.6. The van der Waals surface area contributed by atoms with Crippen molar-refractivity contribution in [1.82, 2.24) is 10.2 Å². The molecule has 7 heteroatoms. The molecule has 1 rings (SSSR count). The minimum absolute atomic E-state index is 0.296. The summed E-state index contributed by atoms with van der Waals surface area (Å²) >= 11 is 0. The molecule has 3 N–H and O–H groups in total. The number of piperidine rings is 1. The van der Waals surface area contributed by atoms with E-state index >= 15 is 0 Å². The summed E-state index contributed by atoms with van der Waals surface area (Å²) in [5.41, 5.74) is -1.18. The molecule has 6 nitrogen and oxygen atoms in total. The van der Waals surface area contributed by atoms with E-state index in [1.807, 2.05) is 0 Å². The van der Waals surface area contributed by atoms with Crippen LogP contribution >= 0.6 is 7.60 Å². The third-order valence-corrected chi connectivity index (χ3v) is 3.10. The molecule has 1 heterocycles. The highest BCUT2D eigenvalue weighted by Crippen LogP contribution is 2.34. The van der Waals surface area contributed by atoms with Crippen LogP contribution < -0.4 is 5.32 Å². The molecule has 1 aliphatic heterocycles. The van der Waals surface area contributed by atoms with E-state index in [0.29, 0.717) is 13.1 Å². The Balaban J connectivity index is 2.15. The topological polar surface area (TPSA) is 89.9 Å². The van der Waals surface area contributed by atoms with Gasteiger partial charge in [-0.3, -0.25) is 4.79 Å². The molecule has 1 fully saturated rings. The van der Waals surface area contributed by atoms with Gasteiger partial charge in [-0.15, -0.1) is 0 Å². The number of nitrogens with one attached hydrogen (secondary N) is 1. The Morgan fingerprint density at radius 1 is 1.27 bits per heavy atom. The first-order valence-corrected chi connectivity index (χ1v) is 6.67. The molecular formula is C8H17N2O4P. The van der Waals surface area contributed by atoms with Crippen LogP contribution in [0.2, 0.25) is 0 Å². The van der Waals surface area contributed by atoms with Crippen LogP contribution in [0.15, 0.2) is 0 Å². The van der Waals surface area contributed by atoms with Gasteiger partial charge in [0.25, 0.3) is 0 Å². The van der Waals surface area contributed by atoms with Gasteiger partial charge in [0.2, 0.25) is 0 Å². The summed E-state index contributed by atoms with van der Waals surface area (Å²) in [6.45, 7) is 2.97. The van der Waals surface area contributed by atoms with Crippen LogP contribution in [-0.4, -0.2) is 46.5 Å². The molecule has 0 spiro atoms. The van der Waals surface area contributed by atoms with Crippen LogP contribution in [0.5, 0.6) is 0 Å². The maximum atomic E-state index is 10.8. The summed E-state index contributed by atoms with van der Waals surface area (Å²) in [4.78, 5) is 30.0. The minimum Gasteiger partial charge on any atom is -0.344 e. The molecule has 88 valence electrons. The van der Waals surface area contributed by atoms with Gasteiger partial charge in [0.05, 0.1) is 0 Å². The molecule has 1 aliphatic rings. The zero-order valence-corrected chi connectivity index (χ0v) is 9.45. The Morgan fingerprint density at radius 2 is 1.87 bits per heavy atom. The minimum atomic E-state index is -4.60. The molecule has 1 amide bonds. The van der Waals surface area contributed by atoms with E-state index in [2.05, 4.69) is 10.2 Å². The lowest BCUT2D eigenvalue weighted by Gasteiger charge is -2.26. The fraction of sp³-hybridized carbons (Fsp3) is 0.875. The zero-order valence-electron chi connectivity index (χ0n) is 8.56. The summed E-state index contributed by atoms with van der Waals surface area (Å²) in [6, 6.07) is 0. The van der Waals surface area contributed by atoms with Crippen LogP contribution in [-0.2, 0) is 4.57 Å². The summed E-state index contributed by atoms with van der Waals surface area (Å²) in [5.74, 6) is 0. The number of amides is 1. The second kappa shape index (κ2) is 5.61. The smallest absolute Gasteiger partial charge is 0.344 e. The van der Waals surface area contributed by atoms with E-state index in [1.165, 1.54) is 6.42 Å². The monoisotopic (exact) mass is 236 g/mol. The molecule has 0 radical (unpaired) electrons. The third kappa shape index (κ3) is 4.75. The Kier molecular flexibility index (Phi) is 4.73. The van der Waals surface area contributed by atoms with E-state index in [-0.39, 0.29) is 0 Å². The molecule has 1 saturated heterocycles. The molecule has 0 aliphatic carbocycles. The van der Waals surface area contributed by atoms with E-state index in [4.69, 9.17) is 9.79 Å². The van der Waals surface area contributed by atoms with Gasteiger partial charge in [-0.25, -0.2) is 4.57 Å². The predicted octanol–water partition coefficient (Wildman–Crippen LogP) is 0.360. The lowest BCUT2D eigenvalue weighted by Crippen LogP contribution is -2.37. The van der Waals surface area contributed by atoms with E-state index in [9.17, 15) is 9.36 Å². The number of hydrogen-bond donors (Lipinski definition) is 3. The summed E-state index contributed by atoms with van der Waals surface area (Å²) in [7, 11) is -4.60. The van der Waals surface area contributed by atoms with Crippen LogP contribution in [0.3, 0.4) is 0 Å². The molecule has 0 atom stereocenters. The van der Waals surface area contributed by atoms with Gasteiger partial charge in [0, 0.05) is 13.1 Å². The van der Waals surface area contributed by atoms with Crippen molar-refractivity contribution in [2.45, 2.75) is 19.3 Å². The lowest BCUT2D eigenvalue weighted by molar-refractivity contribution is 0.224. The van der Waals surface area contributed by atoms with Gasteiger partial charge < -0.3 is 20.0 Å². The quantitative estimate of drug-likeness (QED) is 0.613. The molecular weight excluding hydrogens is 219 g/mol. The fourth-order valence-corrected chi connectivity index (χ4v) is 1.92. The van der Waals surface area contributed by atoms with Crippen molar-refractivity contribution in [3.63, 3.8) is 0 Å². The summed E-state index contributed by atoms with van der Waals surface area (Å²) in [6.07, 6.45) is 3.56. The highest BCUT2D eigenvalue weighted by Gasteiger charge is 2.25. The summed E-state index contributed by atoms with van der Waals surface area (Å²) in [5, 5.41) is 2.23. The van der Waals surface area contributed by atoms with E-state index < -0.39 is 13.2 Å². The zero-order chi connectivity index (χ0) is 11.3. The number of hydrogen-bond acceptors (Lipinski definition) is 3. The normalized spacial score (nSPS) is 18.8. The molecule has 0 saturated carbocycles. The average molecular weight is 236 g/mol. The van der Waals surface area contributed by atoms with Gasteiger partial charge in [0.15, 0.2) is 0 Å². The van der Waals surface area contributed by atoms with Crippen molar-refractivity contribution in [3.05, 3.63) is 0 Å². The van der Waals surface area contributed by atoms with Gasteiger partial charge in [-0.2, -0.15) is 0 Å².